The number of carbonyl (C=O) groups excluding carboxylic acids is 1. The second kappa shape index (κ2) is 9.54. The maximum Gasteiger partial charge on any atom is 0.338 e. The molecule has 33 heavy (non-hydrogen) atoms. The Bertz CT molecular complexity index is 1390. The molecule has 0 radical (unpaired) electrons. The molecule has 0 fully saturated rings. The molecule has 2 aromatic heterocycles. The van der Waals surface area contributed by atoms with Gasteiger partial charge in [0.2, 0.25) is 0 Å². The molecule has 0 bridgehead atoms. The van der Waals surface area contributed by atoms with E-state index in [0.717, 1.165) is 5.56 Å². The Morgan fingerprint density at radius 3 is 2.73 bits per heavy atom. The summed E-state index contributed by atoms with van der Waals surface area (Å²) in [5.74, 6) is 0.112. The van der Waals surface area contributed by atoms with E-state index >= 15 is 0 Å². The summed E-state index contributed by atoms with van der Waals surface area (Å²) in [6, 6.07) is 10.4. The number of carbonyl (C=O) groups is 1. The number of pyridine rings is 1. The van der Waals surface area contributed by atoms with Crippen LogP contribution in [-0.4, -0.2) is 28.2 Å². The van der Waals surface area contributed by atoms with Crippen molar-refractivity contribution in [3.8, 4) is 5.75 Å². The van der Waals surface area contributed by atoms with E-state index in [0.29, 0.717) is 31.9 Å². The van der Waals surface area contributed by atoms with E-state index in [1.165, 1.54) is 11.3 Å². The van der Waals surface area contributed by atoms with Crippen molar-refractivity contribution in [3.05, 3.63) is 90.9 Å². The van der Waals surface area contributed by atoms with Gasteiger partial charge in [0.05, 0.1) is 28.5 Å². The van der Waals surface area contributed by atoms with Crippen LogP contribution in [0.15, 0.2) is 69.8 Å². The minimum absolute atomic E-state index is 0.0799. The van der Waals surface area contributed by atoms with Gasteiger partial charge in [-0.15, -0.1) is 0 Å². The molecule has 7 nitrogen and oxygen atoms in total. The van der Waals surface area contributed by atoms with Crippen LogP contribution in [0.25, 0.3) is 6.08 Å². The Labute approximate surface area is 195 Å². The fraction of sp³-hybridized carbons (Fsp3) is 0.280. The number of thiazole rings is 1. The summed E-state index contributed by atoms with van der Waals surface area (Å²) < 4.78 is 13.5. The van der Waals surface area contributed by atoms with Crippen LogP contribution in [0.2, 0.25) is 0 Å². The lowest BCUT2D eigenvalue weighted by molar-refractivity contribution is -0.139. The quantitative estimate of drug-likeness (QED) is 0.525. The van der Waals surface area contributed by atoms with Crippen molar-refractivity contribution in [1.82, 2.24) is 9.55 Å². The van der Waals surface area contributed by atoms with Crippen molar-refractivity contribution in [3.63, 3.8) is 0 Å². The van der Waals surface area contributed by atoms with Gasteiger partial charge in [0.15, 0.2) is 4.80 Å². The summed E-state index contributed by atoms with van der Waals surface area (Å²) in [5.41, 5.74) is 2.13. The summed E-state index contributed by atoms with van der Waals surface area (Å²) >= 11 is 1.28. The SMILES string of the molecule is CCOC(=O)C1=C(C)N=c2s/c(=C/c3cccnc3)c(=O)n2[C@H]1c1ccccc1OC(C)C. The van der Waals surface area contributed by atoms with Crippen molar-refractivity contribution in [1.29, 1.82) is 0 Å². The molecule has 1 atom stereocenters. The third kappa shape index (κ3) is 4.52. The standard InChI is InChI=1S/C25H25N3O4S/c1-5-31-24(30)21-16(4)27-25-28(22(21)18-10-6-7-11-19(18)32-15(2)3)23(29)20(33-25)13-17-9-8-12-26-14-17/h6-15,22H,5H2,1-4H3/b20-13+/t22-/m0/s1. The molecule has 3 aromatic rings. The van der Waals surface area contributed by atoms with E-state index in [9.17, 15) is 9.59 Å². The minimum Gasteiger partial charge on any atom is -0.491 e. The summed E-state index contributed by atoms with van der Waals surface area (Å²) in [7, 11) is 0. The number of aromatic nitrogens is 2. The average molecular weight is 464 g/mol. The first kappa shape index (κ1) is 22.7. The largest absolute Gasteiger partial charge is 0.491 e. The Kier molecular flexibility index (Phi) is 6.55. The van der Waals surface area contributed by atoms with Gasteiger partial charge >= 0.3 is 5.97 Å². The molecule has 1 aliphatic heterocycles. The first-order valence-electron chi connectivity index (χ1n) is 10.8. The van der Waals surface area contributed by atoms with E-state index in [-0.39, 0.29) is 18.3 Å². The van der Waals surface area contributed by atoms with Crippen LogP contribution in [0.4, 0.5) is 0 Å². The Balaban J connectivity index is 1.99. The van der Waals surface area contributed by atoms with Crippen LogP contribution in [0.3, 0.4) is 0 Å². The molecule has 3 heterocycles. The van der Waals surface area contributed by atoms with Gasteiger partial charge in [0, 0.05) is 18.0 Å². The number of hydrogen-bond acceptors (Lipinski definition) is 7. The van der Waals surface area contributed by atoms with E-state index in [4.69, 9.17) is 9.47 Å². The van der Waals surface area contributed by atoms with E-state index in [1.54, 1.807) is 36.9 Å². The smallest absolute Gasteiger partial charge is 0.338 e. The van der Waals surface area contributed by atoms with Gasteiger partial charge in [-0.1, -0.05) is 35.6 Å². The molecule has 0 saturated carbocycles. The van der Waals surface area contributed by atoms with Crippen molar-refractivity contribution < 1.29 is 14.3 Å². The fourth-order valence-corrected chi connectivity index (χ4v) is 4.81. The van der Waals surface area contributed by atoms with Crippen LogP contribution in [0.1, 0.15) is 44.9 Å². The second-order valence-corrected chi connectivity index (χ2v) is 8.80. The molecule has 1 aromatic carbocycles. The molecule has 170 valence electrons. The van der Waals surface area contributed by atoms with E-state index in [2.05, 4.69) is 9.98 Å². The zero-order chi connectivity index (χ0) is 23.5. The molecule has 4 rings (SSSR count). The predicted molar refractivity (Wildman–Crippen MR) is 127 cm³/mol. The highest BCUT2D eigenvalue weighted by Gasteiger charge is 2.35. The number of para-hydroxylation sites is 1. The van der Waals surface area contributed by atoms with Gasteiger partial charge in [-0.05, 0) is 51.5 Å². The number of allylic oxidation sites excluding steroid dienone is 1. The lowest BCUT2D eigenvalue weighted by Crippen LogP contribution is -2.40. The van der Waals surface area contributed by atoms with Crippen LogP contribution >= 0.6 is 11.3 Å². The van der Waals surface area contributed by atoms with Crippen LogP contribution < -0.4 is 19.6 Å². The maximum absolute atomic E-state index is 13.6. The van der Waals surface area contributed by atoms with Gasteiger partial charge in [-0.25, -0.2) is 9.79 Å². The van der Waals surface area contributed by atoms with Crippen molar-refractivity contribution in [2.75, 3.05) is 6.61 Å². The molecular formula is C25H25N3O4S. The van der Waals surface area contributed by atoms with Gasteiger partial charge in [-0.2, -0.15) is 0 Å². The highest BCUT2D eigenvalue weighted by molar-refractivity contribution is 7.07. The molecule has 1 aliphatic rings. The third-order valence-electron chi connectivity index (χ3n) is 5.08. The van der Waals surface area contributed by atoms with Crippen LogP contribution in [0, 0.1) is 0 Å². The number of rotatable bonds is 6. The monoisotopic (exact) mass is 463 g/mol. The average Bonchev–Trinajstić information content (AvgIpc) is 3.08. The first-order chi connectivity index (χ1) is 15.9. The highest BCUT2D eigenvalue weighted by Crippen LogP contribution is 2.36. The summed E-state index contributed by atoms with van der Waals surface area (Å²) in [6.45, 7) is 7.61. The van der Waals surface area contributed by atoms with Gasteiger partial charge in [-0.3, -0.25) is 14.3 Å². The van der Waals surface area contributed by atoms with Crippen LogP contribution in [0.5, 0.6) is 5.75 Å². The van der Waals surface area contributed by atoms with Crippen molar-refractivity contribution in [2.45, 2.75) is 39.8 Å². The fourth-order valence-electron chi connectivity index (χ4n) is 3.77. The topological polar surface area (TPSA) is 82.8 Å². The van der Waals surface area contributed by atoms with Gasteiger partial charge in [0.25, 0.3) is 5.56 Å². The number of ether oxygens (including phenoxy) is 2. The molecule has 0 spiro atoms. The Morgan fingerprint density at radius 1 is 1.24 bits per heavy atom. The zero-order valence-corrected chi connectivity index (χ0v) is 19.8. The number of fused-ring (bicyclic) bond motifs is 1. The predicted octanol–water partition coefficient (Wildman–Crippen LogP) is 2.98. The summed E-state index contributed by atoms with van der Waals surface area (Å²) in [5, 5.41) is 0. The molecule has 0 aliphatic carbocycles. The van der Waals surface area contributed by atoms with E-state index in [1.807, 2.05) is 50.2 Å². The molecule has 8 heteroatoms. The molecule has 0 amide bonds. The summed E-state index contributed by atoms with van der Waals surface area (Å²) in [4.78, 5) is 35.9. The highest BCUT2D eigenvalue weighted by atomic mass is 32.1. The normalized spacial score (nSPS) is 15.9. The van der Waals surface area contributed by atoms with Gasteiger partial charge in [0.1, 0.15) is 11.8 Å². The summed E-state index contributed by atoms with van der Waals surface area (Å²) in [6.07, 6.45) is 5.08. The molecule has 0 N–H and O–H groups in total. The maximum atomic E-state index is 13.6. The van der Waals surface area contributed by atoms with Crippen molar-refractivity contribution >= 4 is 23.4 Å². The molecule has 0 unspecified atom stereocenters. The number of benzene rings is 1. The van der Waals surface area contributed by atoms with E-state index < -0.39 is 12.0 Å². The Hall–Kier alpha value is -3.52. The second-order valence-electron chi connectivity index (χ2n) is 7.79. The number of esters is 1. The number of nitrogens with zero attached hydrogens (tertiary/aromatic N) is 3. The zero-order valence-electron chi connectivity index (χ0n) is 18.9. The Morgan fingerprint density at radius 2 is 2.03 bits per heavy atom. The molecule has 0 saturated heterocycles. The van der Waals surface area contributed by atoms with Crippen LogP contribution in [-0.2, 0) is 9.53 Å². The van der Waals surface area contributed by atoms with Gasteiger partial charge < -0.3 is 9.47 Å². The third-order valence-corrected chi connectivity index (χ3v) is 6.06. The van der Waals surface area contributed by atoms with Crippen molar-refractivity contribution in [2.24, 2.45) is 4.99 Å². The molecular weight excluding hydrogens is 438 g/mol. The number of hydrogen-bond donors (Lipinski definition) is 0. The first-order valence-corrected chi connectivity index (χ1v) is 11.6. The lowest BCUT2D eigenvalue weighted by atomic mass is 9.95. The minimum atomic E-state index is -0.716. The lowest BCUT2D eigenvalue weighted by Gasteiger charge is -2.26.